The zero-order valence-corrected chi connectivity index (χ0v) is 15.2. The Labute approximate surface area is 148 Å². The van der Waals surface area contributed by atoms with Gasteiger partial charge in [0.15, 0.2) is 11.5 Å². The fourth-order valence-corrected chi connectivity index (χ4v) is 1.99. The van der Waals surface area contributed by atoms with Gasteiger partial charge in [0.25, 0.3) is 0 Å². The third kappa shape index (κ3) is 6.64. The molecule has 1 amide bonds. The Kier molecular flexibility index (Phi) is 9.83. The maximum Gasteiger partial charge on any atom is 0.320 e. The van der Waals surface area contributed by atoms with E-state index >= 15 is 0 Å². The number of methoxy groups -OCH3 is 2. The second-order valence-electron chi connectivity index (χ2n) is 5.22. The molecule has 0 fully saturated rings. The number of carboxylic acids is 1. The van der Waals surface area contributed by atoms with Crippen LogP contribution in [0.3, 0.4) is 0 Å². The predicted molar refractivity (Wildman–Crippen MR) is 93.2 cm³/mol. The standard InChI is InChI=1S/C16H24N2O5.ClH/c1-11(16(20)21)18(2)10-15(19)17-8-7-12-5-6-13(22-3)14(9-12)23-4;/h5-6,9,11H,7-8,10H2,1-4H3,(H,17,19)(H,20,21);1H. The fraction of sp³-hybridized carbons (Fsp3) is 0.500. The average molecular weight is 361 g/mol. The van der Waals surface area contributed by atoms with Crippen molar-refractivity contribution in [2.24, 2.45) is 0 Å². The van der Waals surface area contributed by atoms with Crippen LogP contribution in [0, 0.1) is 0 Å². The van der Waals surface area contributed by atoms with Crippen molar-refractivity contribution in [3.05, 3.63) is 23.8 Å². The number of carboxylic acid groups (broad SMARTS) is 1. The minimum Gasteiger partial charge on any atom is -0.493 e. The molecular weight excluding hydrogens is 336 g/mol. The lowest BCUT2D eigenvalue weighted by molar-refractivity contribution is -0.142. The summed E-state index contributed by atoms with van der Waals surface area (Å²) >= 11 is 0. The SMILES string of the molecule is COc1ccc(CCNC(=O)CN(C)C(C)C(=O)O)cc1OC.Cl. The molecule has 0 saturated carbocycles. The lowest BCUT2D eigenvalue weighted by atomic mass is 10.1. The summed E-state index contributed by atoms with van der Waals surface area (Å²) in [5, 5.41) is 11.7. The van der Waals surface area contributed by atoms with E-state index in [-0.39, 0.29) is 24.9 Å². The number of carbonyl (C=O) groups excluding carboxylic acids is 1. The quantitative estimate of drug-likeness (QED) is 0.687. The highest BCUT2D eigenvalue weighted by Crippen LogP contribution is 2.27. The van der Waals surface area contributed by atoms with E-state index in [1.54, 1.807) is 28.2 Å². The van der Waals surface area contributed by atoms with Crippen LogP contribution in [0.2, 0.25) is 0 Å². The second kappa shape index (κ2) is 10.7. The van der Waals surface area contributed by atoms with E-state index < -0.39 is 12.0 Å². The molecule has 8 heteroatoms. The minimum atomic E-state index is -0.953. The Morgan fingerprint density at radius 1 is 1.25 bits per heavy atom. The number of rotatable bonds is 9. The van der Waals surface area contributed by atoms with Crippen LogP contribution in [0.5, 0.6) is 11.5 Å². The largest absolute Gasteiger partial charge is 0.493 e. The Morgan fingerprint density at radius 3 is 2.42 bits per heavy atom. The van der Waals surface area contributed by atoms with Gasteiger partial charge < -0.3 is 19.9 Å². The minimum absolute atomic E-state index is 0. The van der Waals surface area contributed by atoms with E-state index in [0.717, 1.165) is 5.56 Å². The third-order valence-corrected chi connectivity index (χ3v) is 3.60. The molecule has 0 aromatic heterocycles. The van der Waals surface area contributed by atoms with Crippen LogP contribution in [0.4, 0.5) is 0 Å². The van der Waals surface area contributed by atoms with Gasteiger partial charge in [-0.05, 0) is 38.1 Å². The predicted octanol–water partition coefficient (Wildman–Crippen LogP) is 1.19. The van der Waals surface area contributed by atoms with Crippen LogP contribution in [0.25, 0.3) is 0 Å². The van der Waals surface area contributed by atoms with Crippen molar-refractivity contribution in [2.75, 3.05) is 34.4 Å². The van der Waals surface area contributed by atoms with Gasteiger partial charge in [-0.15, -0.1) is 12.4 Å². The number of amides is 1. The molecule has 1 unspecified atom stereocenters. The Morgan fingerprint density at radius 2 is 1.88 bits per heavy atom. The first kappa shape index (κ1) is 22.0. The third-order valence-electron chi connectivity index (χ3n) is 3.60. The molecule has 7 nitrogen and oxygen atoms in total. The van der Waals surface area contributed by atoms with Gasteiger partial charge in [0.2, 0.25) is 5.91 Å². The smallest absolute Gasteiger partial charge is 0.320 e. The Bertz CT molecular complexity index is 553. The van der Waals surface area contributed by atoms with Crippen molar-refractivity contribution >= 4 is 24.3 Å². The van der Waals surface area contributed by atoms with E-state index in [2.05, 4.69) is 5.32 Å². The Hall–Kier alpha value is -1.99. The second-order valence-corrected chi connectivity index (χ2v) is 5.22. The number of halogens is 1. The summed E-state index contributed by atoms with van der Waals surface area (Å²) in [6.07, 6.45) is 0.643. The average Bonchev–Trinajstić information content (AvgIpc) is 2.53. The first-order valence-corrected chi connectivity index (χ1v) is 7.29. The highest BCUT2D eigenvalue weighted by atomic mass is 35.5. The number of nitrogens with one attached hydrogen (secondary N) is 1. The van der Waals surface area contributed by atoms with Crippen molar-refractivity contribution in [2.45, 2.75) is 19.4 Å². The summed E-state index contributed by atoms with van der Waals surface area (Å²) < 4.78 is 10.4. The normalized spacial score (nSPS) is 11.4. The number of aliphatic carboxylic acids is 1. The van der Waals surface area contributed by atoms with Gasteiger partial charge >= 0.3 is 5.97 Å². The molecule has 1 aromatic rings. The van der Waals surface area contributed by atoms with Gasteiger partial charge in [-0.2, -0.15) is 0 Å². The number of carbonyl (C=O) groups is 2. The number of nitrogens with zero attached hydrogens (tertiary/aromatic N) is 1. The van der Waals surface area contributed by atoms with Crippen molar-refractivity contribution in [1.29, 1.82) is 0 Å². The van der Waals surface area contributed by atoms with Gasteiger partial charge in [-0.3, -0.25) is 14.5 Å². The van der Waals surface area contributed by atoms with E-state index in [4.69, 9.17) is 14.6 Å². The molecule has 0 heterocycles. The molecule has 2 N–H and O–H groups in total. The van der Waals surface area contributed by atoms with Gasteiger partial charge in [-0.1, -0.05) is 6.07 Å². The van der Waals surface area contributed by atoms with Crippen molar-refractivity contribution in [1.82, 2.24) is 10.2 Å². The van der Waals surface area contributed by atoms with E-state index in [0.29, 0.717) is 24.5 Å². The number of ether oxygens (including phenoxy) is 2. The summed E-state index contributed by atoms with van der Waals surface area (Å²) in [6, 6.07) is 4.89. The van der Waals surface area contributed by atoms with Crippen LogP contribution in [0.1, 0.15) is 12.5 Å². The summed E-state index contributed by atoms with van der Waals surface area (Å²) in [7, 11) is 4.75. The Balaban J connectivity index is 0.00000529. The first-order chi connectivity index (χ1) is 10.9. The molecule has 0 bridgehead atoms. The summed E-state index contributed by atoms with van der Waals surface area (Å²) in [5.41, 5.74) is 1.01. The number of likely N-dealkylation sites (N-methyl/N-ethyl adjacent to an activating group) is 1. The highest BCUT2D eigenvalue weighted by molar-refractivity contribution is 5.85. The van der Waals surface area contributed by atoms with Crippen LogP contribution < -0.4 is 14.8 Å². The van der Waals surface area contributed by atoms with E-state index in [9.17, 15) is 9.59 Å². The van der Waals surface area contributed by atoms with E-state index in [1.165, 1.54) is 4.90 Å². The number of benzene rings is 1. The monoisotopic (exact) mass is 360 g/mol. The number of hydrogen-bond donors (Lipinski definition) is 2. The molecular formula is C16H25ClN2O5. The molecule has 136 valence electrons. The van der Waals surface area contributed by atoms with Crippen LogP contribution in [-0.2, 0) is 16.0 Å². The van der Waals surface area contributed by atoms with Crippen LogP contribution >= 0.6 is 12.4 Å². The lowest BCUT2D eigenvalue weighted by Crippen LogP contribution is -2.43. The zero-order chi connectivity index (χ0) is 17.4. The molecule has 1 atom stereocenters. The lowest BCUT2D eigenvalue weighted by Gasteiger charge is -2.20. The van der Waals surface area contributed by atoms with Crippen molar-refractivity contribution in [3.8, 4) is 11.5 Å². The van der Waals surface area contributed by atoms with Gasteiger partial charge in [0.1, 0.15) is 6.04 Å². The zero-order valence-electron chi connectivity index (χ0n) is 14.4. The van der Waals surface area contributed by atoms with Crippen LogP contribution in [-0.4, -0.2) is 62.3 Å². The van der Waals surface area contributed by atoms with Gasteiger partial charge in [-0.25, -0.2) is 0 Å². The van der Waals surface area contributed by atoms with Gasteiger partial charge in [0.05, 0.1) is 20.8 Å². The summed E-state index contributed by atoms with van der Waals surface area (Å²) in [6.45, 7) is 2.04. The molecule has 1 aromatic carbocycles. The van der Waals surface area contributed by atoms with Crippen molar-refractivity contribution < 1.29 is 24.2 Å². The molecule has 24 heavy (non-hydrogen) atoms. The molecule has 1 rings (SSSR count). The highest BCUT2D eigenvalue weighted by Gasteiger charge is 2.18. The molecule has 0 aliphatic rings. The summed E-state index contributed by atoms with van der Waals surface area (Å²) in [5.74, 6) is 0.141. The molecule has 0 saturated heterocycles. The maximum absolute atomic E-state index is 11.8. The van der Waals surface area contributed by atoms with Crippen LogP contribution in [0.15, 0.2) is 18.2 Å². The number of hydrogen-bond acceptors (Lipinski definition) is 5. The first-order valence-electron chi connectivity index (χ1n) is 7.29. The van der Waals surface area contributed by atoms with Crippen molar-refractivity contribution in [3.63, 3.8) is 0 Å². The maximum atomic E-state index is 11.8. The van der Waals surface area contributed by atoms with E-state index in [1.807, 2.05) is 18.2 Å². The fourth-order valence-electron chi connectivity index (χ4n) is 1.99. The van der Waals surface area contributed by atoms with Gasteiger partial charge in [0, 0.05) is 6.54 Å². The molecule has 0 aliphatic carbocycles. The molecule has 0 radical (unpaired) electrons. The molecule has 0 aliphatic heterocycles. The topological polar surface area (TPSA) is 88.1 Å². The summed E-state index contributed by atoms with van der Waals surface area (Å²) in [4.78, 5) is 24.1. The molecule has 0 spiro atoms.